The number of hydrogen-bond donors (Lipinski definition) is 2. The lowest BCUT2D eigenvalue weighted by Crippen LogP contribution is -2.32. The summed E-state index contributed by atoms with van der Waals surface area (Å²) in [7, 11) is 0. The van der Waals surface area contributed by atoms with Gasteiger partial charge in [-0.1, -0.05) is 0 Å². The number of halogens is 3. The maximum atomic E-state index is 12.9. The quantitative estimate of drug-likeness (QED) is 0.902. The molecule has 1 amide bonds. The smallest absolute Gasteiger partial charge is 0.320 e. The first kappa shape index (κ1) is 16.8. The van der Waals surface area contributed by atoms with Gasteiger partial charge in [0.25, 0.3) is 0 Å². The van der Waals surface area contributed by atoms with Crippen molar-refractivity contribution < 1.29 is 18.0 Å². The number of alkyl halides is 3. The Morgan fingerprint density at radius 2 is 2.00 bits per heavy atom. The summed E-state index contributed by atoms with van der Waals surface area (Å²) in [6, 6.07) is 0.196. The van der Waals surface area contributed by atoms with Crippen LogP contribution in [0, 0.1) is 6.92 Å². The first-order valence-corrected chi connectivity index (χ1v) is 6.61. The largest absolute Gasteiger partial charge is 0.418 e. The Kier molecular flexibility index (Phi) is 4.60. The highest BCUT2D eigenvalue weighted by atomic mass is 19.4. The third-order valence-corrected chi connectivity index (χ3v) is 2.99. The van der Waals surface area contributed by atoms with E-state index < -0.39 is 23.7 Å². The van der Waals surface area contributed by atoms with Gasteiger partial charge in [-0.25, -0.2) is 4.98 Å². The van der Waals surface area contributed by atoms with E-state index in [-0.39, 0.29) is 22.8 Å². The topological polar surface area (TPSA) is 93.8 Å². The van der Waals surface area contributed by atoms with E-state index in [1.807, 2.05) is 0 Å². The summed E-state index contributed by atoms with van der Waals surface area (Å²) in [6.07, 6.45) is -0.683. The zero-order chi connectivity index (χ0) is 17.2. The first-order valence-electron chi connectivity index (χ1n) is 6.61. The summed E-state index contributed by atoms with van der Waals surface area (Å²) >= 11 is 0. The zero-order valence-corrected chi connectivity index (χ0v) is 12.3. The summed E-state index contributed by atoms with van der Waals surface area (Å²) in [5.74, 6) is -0.381. The fourth-order valence-corrected chi connectivity index (χ4v) is 1.77. The summed E-state index contributed by atoms with van der Waals surface area (Å²) < 4.78 is 38.8. The lowest BCUT2D eigenvalue weighted by atomic mass is 10.1. The average Bonchev–Trinajstić information content (AvgIpc) is 2.46. The number of carbonyl (C=O) groups is 1. The molecule has 0 aromatic carbocycles. The van der Waals surface area contributed by atoms with Crippen LogP contribution >= 0.6 is 0 Å². The van der Waals surface area contributed by atoms with Crippen LogP contribution in [-0.4, -0.2) is 26.9 Å². The van der Waals surface area contributed by atoms with Gasteiger partial charge in [0, 0.05) is 17.5 Å². The van der Waals surface area contributed by atoms with Crippen molar-refractivity contribution in [2.24, 2.45) is 5.73 Å². The highest BCUT2D eigenvalue weighted by Crippen LogP contribution is 2.33. The Morgan fingerprint density at radius 3 is 2.61 bits per heavy atom. The van der Waals surface area contributed by atoms with Crippen LogP contribution in [0.5, 0.6) is 0 Å². The van der Waals surface area contributed by atoms with Gasteiger partial charge in [-0.3, -0.25) is 14.8 Å². The van der Waals surface area contributed by atoms with Crippen molar-refractivity contribution in [2.45, 2.75) is 26.1 Å². The van der Waals surface area contributed by atoms with Crippen molar-refractivity contribution in [3.63, 3.8) is 0 Å². The van der Waals surface area contributed by atoms with Crippen molar-refractivity contribution in [2.75, 3.05) is 5.32 Å². The summed E-state index contributed by atoms with van der Waals surface area (Å²) in [6.45, 7) is 2.77. The normalized spacial score (nSPS) is 12.8. The minimum absolute atomic E-state index is 0.0962. The number of pyridine rings is 1. The molecule has 0 aliphatic carbocycles. The Hall–Kier alpha value is -2.55. The number of nitrogens with one attached hydrogen (secondary N) is 1. The number of anilines is 1. The molecule has 1 unspecified atom stereocenters. The van der Waals surface area contributed by atoms with Gasteiger partial charge in [0.05, 0.1) is 29.7 Å². The summed E-state index contributed by atoms with van der Waals surface area (Å²) in [4.78, 5) is 23.2. The fraction of sp³-hybridized carbons (Fsp3) is 0.286. The molecule has 0 saturated heterocycles. The molecule has 9 heteroatoms. The first-order chi connectivity index (χ1) is 10.7. The number of amides is 1. The molecule has 0 aliphatic heterocycles. The van der Waals surface area contributed by atoms with Crippen LogP contribution in [0.3, 0.4) is 0 Å². The predicted molar refractivity (Wildman–Crippen MR) is 77.3 cm³/mol. The van der Waals surface area contributed by atoms with Crippen molar-refractivity contribution in [3.05, 3.63) is 35.9 Å². The molecule has 0 bridgehead atoms. The van der Waals surface area contributed by atoms with Gasteiger partial charge in [-0.05, 0) is 19.9 Å². The van der Waals surface area contributed by atoms with Gasteiger partial charge in [0.15, 0.2) is 5.82 Å². The van der Waals surface area contributed by atoms with E-state index in [1.54, 1.807) is 0 Å². The number of aromatic nitrogens is 3. The SMILES string of the molecule is Cc1ncc(-c2cncc(NC(=O)C(C)N)n2)cc1C(F)(F)F. The second-order valence-electron chi connectivity index (χ2n) is 4.92. The Morgan fingerprint density at radius 1 is 1.30 bits per heavy atom. The van der Waals surface area contributed by atoms with Gasteiger partial charge in [0.2, 0.25) is 5.91 Å². The number of carbonyl (C=O) groups excluding carboxylic acids is 1. The number of hydrogen-bond acceptors (Lipinski definition) is 5. The van der Waals surface area contributed by atoms with Crippen LogP contribution < -0.4 is 11.1 Å². The second-order valence-corrected chi connectivity index (χ2v) is 4.92. The molecule has 0 radical (unpaired) electrons. The molecule has 1 atom stereocenters. The van der Waals surface area contributed by atoms with E-state index in [4.69, 9.17) is 5.73 Å². The minimum atomic E-state index is -4.51. The molecule has 0 aliphatic rings. The molecule has 2 aromatic heterocycles. The third-order valence-electron chi connectivity index (χ3n) is 2.99. The van der Waals surface area contributed by atoms with Crippen LogP contribution in [0.15, 0.2) is 24.7 Å². The molecule has 0 spiro atoms. The van der Waals surface area contributed by atoms with Crippen molar-refractivity contribution in [1.29, 1.82) is 0 Å². The van der Waals surface area contributed by atoms with E-state index >= 15 is 0 Å². The number of nitrogens with zero attached hydrogens (tertiary/aromatic N) is 3. The van der Waals surface area contributed by atoms with E-state index in [0.29, 0.717) is 0 Å². The molecule has 0 fully saturated rings. The van der Waals surface area contributed by atoms with Crippen molar-refractivity contribution in [3.8, 4) is 11.3 Å². The standard InChI is InChI=1S/C14H14F3N5O/c1-7(18)13(23)22-12-6-19-5-11(21-12)9-3-10(14(15,16)17)8(2)20-4-9/h3-7H,18H2,1-2H3,(H,21,22,23). The van der Waals surface area contributed by atoms with E-state index in [9.17, 15) is 18.0 Å². The molecule has 0 saturated carbocycles. The highest BCUT2D eigenvalue weighted by molar-refractivity contribution is 5.93. The van der Waals surface area contributed by atoms with Crippen molar-refractivity contribution >= 4 is 11.7 Å². The van der Waals surface area contributed by atoms with E-state index in [1.165, 1.54) is 32.4 Å². The minimum Gasteiger partial charge on any atom is -0.320 e. The summed E-state index contributed by atoms with van der Waals surface area (Å²) in [5, 5.41) is 2.43. The molecular formula is C14H14F3N5O. The van der Waals surface area contributed by atoms with Crippen LogP contribution in [-0.2, 0) is 11.0 Å². The van der Waals surface area contributed by atoms with Crippen LogP contribution in [0.1, 0.15) is 18.2 Å². The number of nitrogens with two attached hydrogens (primary N) is 1. The molecule has 2 rings (SSSR count). The third kappa shape index (κ3) is 4.01. The Bertz CT molecular complexity index is 731. The van der Waals surface area contributed by atoms with Crippen molar-refractivity contribution in [1.82, 2.24) is 15.0 Å². The van der Waals surface area contributed by atoms with E-state index in [0.717, 1.165) is 6.07 Å². The van der Waals surface area contributed by atoms with Gasteiger partial charge in [-0.15, -0.1) is 0 Å². The van der Waals surface area contributed by atoms with Crippen LogP contribution in [0.4, 0.5) is 19.0 Å². The molecule has 3 N–H and O–H groups in total. The lowest BCUT2D eigenvalue weighted by molar-refractivity contribution is -0.138. The molecule has 122 valence electrons. The Labute approximate surface area is 130 Å². The van der Waals surface area contributed by atoms with Gasteiger partial charge >= 0.3 is 6.18 Å². The zero-order valence-electron chi connectivity index (χ0n) is 12.3. The maximum Gasteiger partial charge on any atom is 0.418 e. The maximum absolute atomic E-state index is 12.9. The average molecular weight is 325 g/mol. The molecular weight excluding hydrogens is 311 g/mol. The van der Waals surface area contributed by atoms with E-state index in [2.05, 4.69) is 20.3 Å². The monoisotopic (exact) mass is 325 g/mol. The molecule has 2 aromatic rings. The molecule has 2 heterocycles. The van der Waals surface area contributed by atoms with Gasteiger partial charge in [-0.2, -0.15) is 13.2 Å². The number of rotatable bonds is 3. The number of aryl methyl sites for hydroxylation is 1. The van der Waals surface area contributed by atoms with Gasteiger partial charge < -0.3 is 11.1 Å². The fourth-order valence-electron chi connectivity index (χ4n) is 1.77. The molecule has 23 heavy (non-hydrogen) atoms. The Balaban J connectivity index is 2.38. The molecule has 6 nitrogen and oxygen atoms in total. The lowest BCUT2D eigenvalue weighted by Gasteiger charge is -2.12. The van der Waals surface area contributed by atoms with Crippen LogP contribution in [0.2, 0.25) is 0 Å². The summed E-state index contributed by atoms with van der Waals surface area (Å²) in [5.41, 5.74) is 4.75. The van der Waals surface area contributed by atoms with Gasteiger partial charge in [0.1, 0.15) is 0 Å². The highest BCUT2D eigenvalue weighted by Gasteiger charge is 2.33. The second kappa shape index (κ2) is 6.29. The van der Waals surface area contributed by atoms with Crippen LogP contribution in [0.25, 0.3) is 11.3 Å². The predicted octanol–water partition coefficient (Wildman–Crippen LogP) is 2.15.